The topological polar surface area (TPSA) is 83.6 Å². The Hall–Kier alpha value is -2.19. The van der Waals surface area contributed by atoms with Crippen LogP contribution >= 0.6 is 11.3 Å². The van der Waals surface area contributed by atoms with Gasteiger partial charge in [-0.3, -0.25) is 9.59 Å². The van der Waals surface area contributed by atoms with E-state index >= 15 is 0 Å². The number of rotatable bonds is 7. The van der Waals surface area contributed by atoms with E-state index in [1.165, 1.54) is 16.2 Å². The molecule has 0 fully saturated rings. The van der Waals surface area contributed by atoms with Gasteiger partial charge in [-0.25, -0.2) is 8.42 Å². The fourth-order valence-electron chi connectivity index (χ4n) is 3.20. The van der Waals surface area contributed by atoms with Crippen LogP contribution in [0.2, 0.25) is 0 Å². The van der Waals surface area contributed by atoms with Crippen LogP contribution in [0.25, 0.3) is 0 Å². The van der Waals surface area contributed by atoms with Crippen molar-refractivity contribution in [3.05, 3.63) is 57.8 Å². The standard InChI is InChI=1S/C19H22N2O4S2/c1-13(17-8-5-10-26-17)20-18(22)16(9-11-27(2,24)25)21-12-14-6-3-4-7-15(14)19(21)23/h3-8,10,13,16H,9,11-12H2,1-2H3,(H,20,22). The molecule has 1 aromatic heterocycles. The third-order valence-corrected chi connectivity index (χ3v) is 6.65. The molecule has 1 aliphatic rings. The number of carbonyl (C=O) groups excluding carboxylic acids is 2. The van der Waals surface area contributed by atoms with E-state index < -0.39 is 15.9 Å². The van der Waals surface area contributed by atoms with Crippen molar-refractivity contribution in [2.24, 2.45) is 0 Å². The summed E-state index contributed by atoms with van der Waals surface area (Å²) < 4.78 is 23.3. The van der Waals surface area contributed by atoms with Crippen LogP contribution in [0.15, 0.2) is 41.8 Å². The molecule has 1 N–H and O–H groups in total. The maximum atomic E-state index is 13.0. The molecule has 2 heterocycles. The molecule has 8 heteroatoms. The van der Waals surface area contributed by atoms with Gasteiger partial charge in [0.1, 0.15) is 15.9 Å². The van der Waals surface area contributed by atoms with Crippen LogP contribution in [-0.2, 0) is 21.2 Å². The maximum absolute atomic E-state index is 13.0. The molecule has 6 nitrogen and oxygen atoms in total. The summed E-state index contributed by atoms with van der Waals surface area (Å²) in [6, 6.07) is 10.0. The van der Waals surface area contributed by atoms with Crippen LogP contribution in [0, 0.1) is 0 Å². The summed E-state index contributed by atoms with van der Waals surface area (Å²) in [6.07, 6.45) is 1.21. The van der Waals surface area contributed by atoms with Crippen molar-refractivity contribution < 1.29 is 18.0 Å². The van der Waals surface area contributed by atoms with Gasteiger partial charge in [-0.15, -0.1) is 11.3 Å². The van der Waals surface area contributed by atoms with Gasteiger partial charge in [0.15, 0.2) is 0 Å². The SMILES string of the molecule is CC(NC(=O)C(CCS(C)(=O)=O)N1Cc2ccccc2C1=O)c1cccs1. The lowest BCUT2D eigenvalue weighted by atomic mass is 10.1. The number of carbonyl (C=O) groups is 2. The van der Waals surface area contributed by atoms with E-state index in [2.05, 4.69) is 5.32 Å². The van der Waals surface area contributed by atoms with Gasteiger partial charge in [0.05, 0.1) is 11.8 Å². The number of hydrogen-bond acceptors (Lipinski definition) is 5. The second kappa shape index (κ2) is 7.82. The highest BCUT2D eigenvalue weighted by atomic mass is 32.2. The molecule has 0 saturated carbocycles. The average molecular weight is 407 g/mol. The van der Waals surface area contributed by atoms with Gasteiger partial charge in [0, 0.05) is 23.2 Å². The van der Waals surface area contributed by atoms with Crippen molar-refractivity contribution in [3.63, 3.8) is 0 Å². The summed E-state index contributed by atoms with van der Waals surface area (Å²) in [5.41, 5.74) is 1.42. The first-order valence-electron chi connectivity index (χ1n) is 8.66. The molecule has 27 heavy (non-hydrogen) atoms. The number of benzene rings is 1. The van der Waals surface area contributed by atoms with Crippen molar-refractivity contribution in [2.45, 2.75) is 32.0 Å². The van der Waals surface area contributed by atoms with Gasteiger partial charge in [-0.1, -0.05) is 24.3 Å². The predicted octanol–water partition coefficient (Wildman–Crippen LogP) is 2.38. The smallest absolute Gasteiger partial charge is 0.255 e. The summed E-state index contributed by atoms with van der Waals surface area (Å²) in [7, 11) is -3.25. The van der Waals surface area contributed by atoms with Gasteiger partial charge in [-0.05, 0) is 36.4 Å². The quantitative estimate of drug-likeness (QED) is 0.765. The van der Waals surface area contributed by atoms with Crippen LogP contribution in [0.4, 0.5) is 0 Å². The first-order chi connectivity index (χ1) is 12.8. The number of nitrogens with zero attached hydrogens (tertiary/aromatic N) is 1. The lowest BCUT2D eigenvalue weighted by molar-refractivity contribution is -0.126. The molecule has 2 atom stereocenters. The number of fused-ring (bicyclic) bond motifs is 1. The zero-order valence-electron chi connectivity index (χ0n) is 15.2. The lowest BCUT2D eigenvalue weighted by Crippen LogP contribution is -2.48. The molecular formula is C19H22N2O4S2. The maximum Gasteiger partial charge on any atom is 0.255 e. The van der Waals surface area contributed by atoms with Gasteiger partial charge >= 0.3 is 0 Å². The lowest BCUT2D eigenvalue weighted by Gasteiger charge is -2.28. The second-order valence-corrected chi connectivity index (χ2v) is 10.0. The second-order valence-electron chi connectivity index (χ2n) is 6.77. The minimum absolute atomic E-state index is 0.0710. The zero-order valence-corrected chi connectivity index (χ0v) is 16.8. The van der Waals surface area contributed by atoms with Crippen LogP contribution < -0.4 is 5.32 Å². The predicted molar refractivity (Wildman–Crippen MR) is 105 cm³/mol. The highest BCUT2D eigenvalue weighted by Gasteiger charge is 2.36. The highest BCUT2D eigenvalue weighted by Crippen LogP contribution is 2.26. The van der Waals surface area contributed by atoms with E-state index in [0.29, 0.717) is 12.1 Å². The van der Waals surface area contributed by atoms with Gasteiger partial charge in [0.2, 0.25) is 5.91 Å². The molecule has 0 spiro atoms. The molecule has 2 aromatic rings. The zero-order chi connectivity index (χ0) is 19.6. The largest absolute Gasteiger partial charge is 0.347 e. The molecule has 0 bridgehead atoms. The third-order valence-electron chi connectivity index (χ3n) is 4.62. The molecule has 1 aromatic carbocycles. The molecule has 0 aliphatic carbocycles. The van der Waals surface area contributed by atoms with Gasteiger partial charge in [-0.2, -0.15) is 0 Å². The Morgan fingerprint density at radius 2 is 2.00 bits per heavy atom. The van der Waals surface area contributed by atoms with Crippen LogP contribution in [0.3, 0.4) is 0 Å². The van der Waals surface area contributed by atoms with E-state index in [-0.39, 0.29) is 30.0 Å². The molecule has 2 unspecified atom stereocenters. The number of amides is 2. The van der Waals surface area contributed by atoms with Crippen LogP contribution in [-0.4, -0.2) is 43.2 Å². The average Bonchev–Trinajstić information content (AvgIpc) is 3.24. The van der Waals surface area contributed by atoms with E-state index in [1.54, 1.807) is 12.1 Å². The molecule has 0 radical (unpaired) electrons. The number of sulfone groups is 1. The number of nitrogens with one attached hydrogen (secondary N) is 1. The Kier molecular flexibility index (Phi) is 5.67. The molecule has 0 saturated heterocycles. The number of thiophene rings is 1. The Morgan fingerprint density at radius 1 is 1.26 bits per heavy atom. The van der Waals surface area contributed by atoms with Gasteiger partial charge in [0.25, 0.3) is 5.91 Å². The Balaban J connectivity index is 1.81. The fourth-order valence-corrected chi connectivity index (χ4v) is 4.59. The summed E-state index contributed by atoms with van der Waals surface area (Å²) in [4.78, 5) is 28.2. The van der Waals surface area contributed by atoms with E-state index in [9.17, 15) is 18.0 Å². The van der Waals surface area contributed by atoms with Crippen molar-refractivity contribution >= 4 is 33.0 Å². The molecule has 2 amide bonds. The Labute approximate surface area is 163 Å². The van der Waals surface area contributed by atoms with Crippen LogP contribution in [0.5, 0.6) is 0 Å². The van der Waals surface area contributed by atoms with Crippen LogP contribution in [0.1, 0.15) is 40.2 Å². The molecule has 3 rings (SSSR count). The Bertz CT molecular complexity index is 938. The first kappa shape index (κ1) is 19.6. The molecular weight excluding hydrogens is 384 g/mol. The summed E-state index contributed by atoms with van der Waals surface area (Å²) >= 11 is 1.53. The van der Waals surface area contributed by atoms with E-state index in [0.717, 1.165) is 16.7 Å². The van der Waals surface area contributed by atoms with E-state index in [4.69, 9.17) is 0 Å². The molecule has 144 valence electrons. The van der Waals surface area contributed by atoms with Gasteiger partial charge < -0.3 is 10.2 Å². The van der Waals surface area contributed by atoms with Crippen molar-refractivity contribution in [3.8, 4) is 0 Å². The van der Waals surface area contributed by atoms with Crippen molar-refractivity contribution in [1.29, 1.82) is 0 Å². The monoisotopic (exact) mass is 406 g/mol. The van der Waals surface area contributed by atoms with E-state index in [1.807, 2.05) is 36.6 Å². The summed E-state index contributed by atoms with van der Waals surface area (Å²) in [6.45, 7) is 2.18. The number of hydrogen-bond donors (Lipinski definition) is 1. The minimum atomic E-state index is -3.25. The summed E-state index contributed by atoms with van der Waals surface area (Å²) in [5, 5.41) is 4.86. The normalized spacial score (nSPS) is 16.1. The Morgan fingerprint density at radius 3 is 2.63 bits per heavy atom. The van der Waals surface area contributed by atoms with Crippen molar-refractivity contribution in [2.75, 3.05) is 12.0 Å². The fraction of sp³-hybridized carbons (Fsp3) is 0.368. The molecule has 1 aliphatic heterocycles. The summed E-state index contributed by atoms with van der Waals surface area (Å²) in [5.74, 6) is -0.720. The minimum Gasteiger partial charge on any atom is -0.347 e. The third kappa shape index (κ3) is 4.56. The highest BCUT2D eigenvalue weighted by molar-refractivity contribution is 7.90. The van der Waals surface area contributed by atoms with Crippen molar-refractivity contribution in [1.82, 2.24) is 10.2 Å². The first-order valence-corrected chi connectivity index (χ1v) is 11.6.